The number of ether oxygens (including phenoxy) is 2. The van der Waals surface area contributed by atoms with Crippen molar-refractivity contribution in [3.63, 3.8) is 0 Å². The first kappa shape index (κ1) is 18.8. The van der Waals surface area contributed by atoms with E-state index in [0.29, 0.717) is 5.56 Å². The largest absolute Gasteiger partial charge is 0.464 e. The molecule has 0 saturated carbocycles. The van der Waals surface area contributed by atoms with Gasteiger partial charge in [0.2, 0.25) is 0 Å². The van der Waals surface area contributed by atoms with E-state index in [0.717, 1.165) is 3.57 Å². The zero-order valence-electron chi connectivity index (χ0n) is 11.5. The molecule has 0 unspecified atom stereocenters. The highest BCUT2D eigenvalue weighted by Gasteiger charge is 2.10. The van der Waals surface area contributed by atoms with Crippen LogP contribution in [0.1, 0.15) is 23.2 Å². The van der Waals surface area contributed by atoms with Gasteiger partial charge >= 0.3 is 11.9 Å². The van der Waals surface area contributed by atoms with Gasteiger partial charge in [0.05, 0.1) is 12.2 Å². The van der Waals surface area contributed by atoms with Gasteiger partial charge in [-0.05, 0) is 53.3 Å². The van der Waals surface area contributed by atoms with E-state index in [1.807, 2.05) is 0 Å². The van der Waals surface area contributed by atoms with Crippen LogP contribution >= 0.6 is 22.6 Å². The standard InChI is InChI=1S/C13H15IO7S/c14-11-5-3-10(4-6-11)13(16)21-7-1-2-12(15)20-8-9-22(17,18)19/h3-6H,1-2,7-9H2,(H,17,18,19). The third-order valence-electron chi connectivity index (χ3n) is 2.44. The van der Waals surface area contributed by atoms with Gasteiger partial charge in [-0.25, -0.2) is 4.79 Å². The topological polar surface area (TPSA) is 107 Å². The van der Waals surface area contributed by atoms with Crippen molar-refractivity contribution in [1.29, 1.82) is 0 Å². The van der Waals surface area contributed by atoms with Crippen LogP contribution in [0.3, 0.4) is 0 Å². The van der Waals surface area contributed by atoms with E-state index in [4.69, 9.17) is 9.29 Å². The summed E-state index contributed by atoms with van der Waals surface area (Å²) in [5, 5.41) is 0. The van der Waals surface area contributed by atoms with Crippen molar-refractivity contribution >= 4 is 44.6 Å². The number of carbonyl (C=O) groups excluding carboxylic acids is 2. The molecule has 22 heavy (non-hydrogen) atoms. The Morgan fingerprint density at radius 2 is 1.73 bits per heavy atom. The highest BCUT2D eigenvalue weighted by atomic mass is 127. The van der Waals surface area contributed by atoms with Gasteiger partial charge in [-0.2, -0.15) is 8.42 Å². The van der Waals surface area contributed by atoms with E-state index in [1.54, 1.807) is 24.3 Å². The van der Waals surface area contributed by atoms with Crippen molar-refractivity contribution in [1.82, 2.24) is 0 Å². The first-order chi connectivity index (χ1) is 10.3. The number of hydrogen-bond acceptors (Lipinski definition) is 6. The van der Waals surface area contributed by atoms with E-state index < -0.39 is 34.4 Å². The number of rotatable bonds is 8. The molecular weight excluding hydrogens is 427 g/mol. The predicted octanol–water partition coefficient (Wildman–Crippen LogP) is 1.66. The molecule has 0 spiro atoms. The molecular formula is C13H15IO7S. The van der Waals surface area contributed by atoms with Crippen LogP contribution in [0.4, 0.5) is 0 Å². The summed E-state index contributed by atoms with van der Waals surface area (Å²) in [4.78, 5) is 22.9. The molecule has 9 heteroatoms. The van der Waals surface area contributed by atoms with Gasteiger partial charge < -0.3 is 9.47 Å². The summed E-state index contributed by atoms with van der Waals surface area (Å²) in [6.07, 6.45) is 0.256. The zero-order chi connectivity index (χ0) is 16.6. The van der Waals surface area contributed by atoms with Crippen LogP contribution in [-0.4, -0.2) is 43.9 Å². The molecule has 122 valence electrons. The lowest BCUT2D eigenvalue weighted by Gasteiger charge is -2.05. The van der Waals surface area contributed by atoms with Crippen molar-refractivity contribution < 1.29 is 32.0 Å². The fourth-order valence-corrected chi connectivity index (χ4v) is 2.04. The lowest BCUT2D eigenvalue weighted by molar-refractivity contribution is -0.143. The van der Waals surface area contributed by atoms with Crippen molar-refractivity contribution in [3.05, 3.63) is 33.4 Å². The maximum absolute atomic E-state index is 11.6. The summed E-state index contributed by atoms with van der Waals surface area (Å²) >= 11 is 2.12. The minimum Gasteiger partial charge on any atom is -0.464 e. The quantitative estimate of drug-likeness (QED) is 0.283. The minimum atomic E-state index is -4.14. The molecule has 1 aromatic carbocycles. The minimum absolute atomic E-state index is 0.00849. The third kappa shape index (κ3) is 8.29. The fraction of sp³-hybridized carbons (Fsp3) is 0.385. The van der Waals surface area contributed by atoms with Crippen molar-refractivity contribution in [3.8, 4) is 0 Å². The van der Waals surface area contributed by atoms with E-state index >= 15 is 0 Å². The monoisotopic (exact) mass is 442 g/mol. The number of carbonyl (C=O) groups is 2. The Labute approximate surface area is 141 Å². The highest BCUT2D eigenvalue weighted by molar-refractivity contribution is 14.1. The fourth-order valence-electron chi connectivity index (χ4n) is 1.38. The van der Waals surface area contributed by atoms with Crippen LogP contribution in [0, 0.1) is 3.57 Å². The van der Waals surface area contributed by atoms with Crippen molar-refractivity contribution in [2.45, 2.75) is 12.8 Å². The second kappa shape index (κ2) is 9.06. The van der Waals surface area contributed by atoms with Gasteiger partial charge in [-0.3, -0.25) is 9.35 Å². The SMILES string of the molecule is O=C(CCCOC(=O)c1ccc(I)cc1)OCCS(=O)(=O)O. The number of hydrogen-bond donors (Lipinski definition) is 1. The molecule has 1 rings (SSSR count). The average Bonchev–Trinajstić information content (AvgIpc) is 2.42. The van der Waals surface area contributed by atoms with Crippen LogP contribution in [0.5, 0.6) is 0 Å². The second-order valence-corrected chi connectivity index (χ2v) is 7.07. The van der Waals surface area contributed by atoms with Gasteiger partial charge in [0, 0.05) is 9.99 Å². The summed E-state index contributed by atoms with van der Waals surface area (Å²) in [6, 6.07) is 6.86. The van der Waals surface area contributed by atoms with Crippen LogP contribution in [0.25, 0.3) is 0 Å². The molecule has 0 heterocycles. The van der Waals surface area contributed by atoms with E-state index in [2.05, 4.69) is 27.3 Å². The Morgan fingerprint density at radius 1 is 1.09 bits per heavy atom. The number of esters is 2. The molecule has 0 bridgehead atoms. The van der Waals surface area contributed by atoms with Gasteiger partial charge in [-0.15, -0.1) is 0 Å². The first-order valence-corrected chi connectivity index (χ1v) is 9.00. The van der Waals surface area contributed by atoms with Crippen LogP contribution in [-0.2, 0) is 24.4 Å². The van der Waals surface area contributed by atoms with Crippen LogP contribution in [0.15, 0.2) is 24.3 Å². The summed E-state index contributed by atoms with van der Waals surface area (Å²) in [5.41, 5.74) is 0.427. The Balaban J connectivity index is 2.18. The van der Waals surface area contributed by atoms with Gasteiger partial charge in [0.1, 0.15) is 12.4 Å². The maximum Gasteiger partial charge on any atom is 0.338 e. The van der Waals surface area contributed by atoms with Crippen molar-refractivity contribution in [2.24, 2.45) is 0 Å². The third-order valence-corrected chi connectivity index (χ3v) is 3.84. The Hall–Kier alpha value is -1.20. The van der Waals surface area contributed by atoms with Gasteiger partial charge in [0.25, 0.3) is 10.1 Å². The summed E-state index contributed by atoms with van der Waals surface area (Å²) in [5.74, 6) is -1.73. The van der Waals surface area contributed by atoms with Gasteiger partial charge in [0.15, 0.2) is 0 Å². The number of benzene rings is 1. The predicted molar refractivity (Wildman–Crippen MR) is 86.1 cm³/mol. The van der Waals surface area contributed by atoms with E-state index in [-0.39, 0.29) is 19.4 Å². The Kier molecular flexibility index (Phi) is 7.76. The van der Waals surface area contributed by atoms with Gasteiger partial charge in [-0.1, -0.05) is 0 Å². The molecule has 0 aliphatic heterocycles. The molecule has 0 aliphatic rings. The summed E-state index contributed by atoms with van der Waals surface area (Å²) in [7, 11) is -4.14. The smallest absolute Gasteiger partial charge is 0.338 e. The van der Waals surface area contributed by atoms with Crippen molar-refractivity contribution in [2.75, 3.05) is 19.0 Å². The summed E-state index contributed by atoms with van der Waals surface area (Å²) in [6.45, 7) is -0.349. The van der Waals surface area contributed by atoms with Crippen LogP contribution < -0.4 is 0 Å². The molecule has 0 amide bonds. The van der Waals surface area contributed by atoms with E-state index in [9.17, 15) is 18.0 Å². The zero-order valence-corrected chi connectivity index (χ0v) is 14.5. The molecule has 0 saturated heterocycles. The normalized spacial score (nSPS) is 11.0. The molecule has 1 N–H and O–H groups in total. The molecule has 0 atom stereocenters. The molecule has 0 aliphatic carbocycles. The van der Waals surface area contributed by atoms with E-state index in [1.165, 1.54) is 0 Å². The maximum atomic E-state index is 11.6. The second-order valence-electron chi connectivity index (χ2n) is 4.25. The molecule has 0 aromatic heterocycles. The Morgan fingerprint density at radius 3 is 2.32 bits per heavy atom. The lowest BCUT2D eigenvalue weighted by atomic mass is 10.2. The molecule has 0 fully saturated rings. The lowest BCUT2D eigenvalue weighted by Crippen LogP contribution is -2.15. The highest BCUT2D eigenvalue weighted by Crippen LogP contribution is 2.08. The molecule has 7 nitrogen and oxygen atoms in total. The summed E-state index contributed by atoms with van der Waals surface area (Å²) < 4.78 is 39.9. The average molecular weight is 442 g/mol. The molecule has 1 aromatic rings. The number of halogens is 1. The molecule has 0 radical (unpaired) electrons. The first-order valence-electron chi connectivity index (χ1n) is 6.31. The Bertz CT molecular complexity index is 610. The van der Waals surface area contributed by atoms with Crippen LogP contribution in [0.2, 0.25) is 0 Å².